The maximum Gasteiger partial charge on any atom is 0.258 e. The summed E-state index contributed by atoms with van der Waals surface area (Å²) >= 11 is 0. The lowest BCUT2D eigenvalue weighted by Gasteiger charge is -2.02. The van der Waals surface area contributed by atoms with E-state index in [0.29, 0.717) is 11.1 Å². The Bertz CT molecular complexity index is 632. The summed E-state index contributed by atoms with van der Waals surface area (Å²) in [6.45, 7) is -0.222. The highest BCUT2D eigenvalue weighted by Gasteiger charge is 2.07. The summed E-state index contributed by atoms with van der Waals surface area (Å²) in [5.74, 6) is 5.04. The van der Waals surface area contributed by atoms with Crippen molar-refractivity contribution in [1.29, 1.82) is 0 Å². The molecule has 0 saturated carbocycles. The molecule has 1 amide bonds. The summed E-state index contributed by atoms with van der Waals surface area (Å²) in [6.07, 6.45) is 2.85. The van der Waals surface area contributed by atoms with E-state index in [-0.39, 0.29) is 18.5 Å². The third-order valence-corrected chi connectivity index (χ3v) is 2.14. The van der Waals surface area contributed by atoms with E-state index in [9.17, 15) is 4.79 Å². The number of anilines is 1. The van der Waals surface area contributed by atoms with E-state index in [2.05, 4.69) is 32.3 Å². The number of hydrogen-bond donors (Lipinski definition) is 2. The van der Waals surface area contributed by atoms with Gasteiger partial charge < -0.3 is 5.11 Å². The van der Waals surface area contributed by atoms with Gasteiger partial charge in [0.15, 0.2) is 0 Å². The minimum atomic E-state index is -0.347. The number of nitrogens with zero attached hydrogens (tertiary/aromatic N) is 3. The highest BCUT2D eigenvalue weighted by molar-refractivity contribution is 6.03. The fraction of sp³-hybridized carbons (Fsp3) is 0.0769. The normalized spacial score (nSPS) is 9.32. The molecule has 2 aromatic rings. The Morgan fingerprint density at radius 3 is 3.00 bits per heavy atom. The number of amides is 1. The minimum absolute atomic E-state index is 0.138. The van der Waals surface area contributed by atoms with Gasteiger partial charge in [-0.3, -0.25) is 10.1 Å². The second kappa shape index (κ2) is 6.23. The average Bonchev–Trinajstić information content (AvgIpc) is 2.46. The first kappa shape index (κ1) is 12.7. The van der Waals surface area contributed by atoms with E-state index in [4.69, 9.17) is 5.11 Å². The smallest absolute Gasteiger partial charge is 0.258 e. The van der Waals surface area contributed by atoms with Gasteiger partial charge >= 0.3 is 0 Å². The number of aliphatic hydroxyl groups is 1. The molecule has 19 heavy (non-hydrogen) atoms. The van der Waals surface area contributed by atoms with Crippen LogP contribution < -0.4 is 5.32 Å². The number of benzene rings is 1. The second-order valence-corrected chi connectivity index (χ2v) is 3.46. The second-order valence-electron chi connectivity index (χ2n) is 3.46. The fourth-order valence-corrected chi connectivity index (χ4v) is 1.36. The minimum Gasteiger partial charge on any atom is -0.384 e. The van der Waals surface area contributed by atoms with Gasteiger partial charge in [-0.25, -0.2) is 4.98 Å². The van der Waals surface area contributed by atoms with Crippen molar-refractivity contribution in [2.24, 2.45) is 0 Å². The van der Waals surface area contributed by atoms with Crippen LogP contribution in [0.25, 0.3) is 0 Å². The van der Waals surface area contributed by atoms with Crippen molar-refractivity contribution in [2.45, 2.75) is 0 Å². The summed E-state index contributed by atoms with van der Waals surface area (Å²) in [5, 5.41) is 18.4. The predicted molar refractivity (Wildman–Crippen MR) is 68.2 cm³/mol. The monoisotopic (exact) mass is 254 g/mol. The van der Waals surface area contributed by atoms with E-state index >= 15 is 0 Å². The summed E-state index contributed by atoms with van der Waals surface area (Å²) in [5.41, 5.74) is 1.07. The van der Waals surface area contributed by atoms with Crippen LogP contribution in [0.1, 0.15) is 15.9 Å². The van der Waals surface area contributed by atoms with Crippen molar-refractivity contribution in [2.75, 3.05) is 11.9 Å². The zero-order chi connectivity index (χ0) is 13.5. The molecule has 0 saturated heterocycles. The molecule has 0 unspecified atom stereocenters. The lowest BCUT2D eigenvalue weighted by molar-refractivity contribution is 0.102. The Kier molecular flexibility index (Phi) is 4.16. The van der Waals surface area contributed by atoms with Gasteiger partial charge in [0.05, 0.1) is 12.4 Å². The van der Waals surface area contributed by atoms with E-state index in [1.54, 1.807) is 24.3 Å². The van der Waals surface area contributed by atoms with Gasteiger partial charge in [-0.15, -0.1) is 5.10 Å². The third-order valence-electron chi connectivity index (χ3n) is 2.14. The lowest BCUT2D eigenvalue weighted by atomic mass is 10.1. The summed E-state index contributed by atoms with van der Waals surface area (Å²) < 4.78 is 0. The first-order chi connectivity index (χ1) is 9.29. The number of hydrogen-bond acceptors (Lipinski definition) is 5. The van der Waals surface area contributed by atoms with Crippen LogP contribution in [-0.4, -0.2) is 32.8 Å². The van der Waals surface area contributed by atoms with Crippen molar-refractivity contribution in [3.05, 3.63) is 47.8 Å². The summed E-state index contributed by atoms with van der Waals surface area (Å²) in [4.78, 5) is 15.8. The molecule has 1 heterocycles. The molecule has 6 nitrogen and oxygen atoms in total. The fourth-order valence-electron chi connectivity index (χ4n) is 1.36. The molecule has 0 aliphatic heterocycles. The van der Waals surface area contributed by atoms with Gasteiger partial charge in [-0.05, 0) is 18.2 Å². The SMILES string of the molecule is O=C(Nc1nccnn1)c1cccc(C#CCO)c1. The molecule has 0 spiro atoms. The molecule has 1 aromatic carbocycles. The van der Waals surface area contributed by atoms with Crippen molar-refractivity contribution in [3.8, 4) is 11.8 Å². The van der Waals surface area contributed by atoms with Crippen LogP contribution in [0, 0.1) is 11.8 Å². The van der Waals surface area contributed by atoms with Gasteiger partial charge in [0, 0.05) is 11.1 Å². The number of aliphatic hydroxyl groups excluding tert-OH is 1. The van der Waals surface area contributed by atoms with E-state index in [0.717, 1.165) is 0 Å². The molecule has 6 heteroatoms. The Balaban J connectivity index is 2.15. The van der Waals surface area contributed by atoms with Crippen LogP contribution in [0.2, 0.25) is 0 Å². The molecule has 0 fully saturated rings. The highest BCUT2D eigenvalue weighted by atomic mass is 16.2. The number of aromatic nitrogens is 3. The number of nitrogens with one attached hydrogen (secondary N) is 1. The Hall–Kier alpha value is -2.78. The average molecular weight is 254 g/mol. The molecule has 0 bridgehead atoms. The standard InChI is InChI=1S/C13H10N4O2/c18-8-2-4-10-3-1-5-11(9-10)12(19)16-13-14-6-7-15-17-13/h1,3,5-7,9,18H,8H2,(H,14,16,17,19). The summed E-state index contributed by atoms with van der Waals surface area (Å²) in [6, 6.07) is 6.73. The number of carbonyl (C=O) groups excluding carboxylic acids is 1. The van der Waals surface area contributed by atoms with Crippen LogP contribution in [0.4, 0.5) is 5.95 Å². The molecule has 0 aliphatic rings. The highest BCUT2D eigenvalue weighted by Crippen LogP contribution is 2.06. The van der Waals surface area contributed by atoms with E-state index < -0.39 is 0 Å². The molecule has 2 N–H and O–H groups in total. The summed E-state index contributed by atoms with van der Waals surface area (Å²) in [7, 11) is 0. The molecule has 0 atom stereocenters. The zero-order valence-electron chi connectivity index (χ0n) is 9.87. The van der Waals surface area contributed by atoms with E-state index in [1.165, 1.54) is 12.4 Å². The van der Waals surface area contributed by atoms with Gasteiger partial charge in [0.25, 0.3) is 5.91 Å². The Morgan fingerprint density at radius 1 is 1.37 bits per heavy atom. The quantitative estimate of drug-likeness (QED) is 0.760. The number of carbonyl (C=O) groups is 1. The van der Waals surface area contributed by atoms with E-state index in [1.807, 2.05) is 0 Å². The van der Waals surface area contributed by atoms with Crippen LogP contribution in [0.5, 0.6) is 0 Å². The molecular weight excluding hydrogens is 244 g/mol. The predicted octanol–water partition coefficient (Wildman–Crippen LogP) is 0.468. The Labute approximate surface area is 109 Å². The van der Waals surface area contributed by atoms with Crippen molar-refractivity contribution in [3.63, 3.8) is 0 Å². The zero-order valence-corrected chi connectivity index (χ0v) is 9.87. The molecular formula is C13H10N4O2. The molecule has 0 radical (unpaired) electrons. The first-order valence-corrected chi connectivity index (χ1v) is 5.44. The van der Waals surface area contributed by atoms with Gasteiger partial charge in [0.2, 0.25) is 5.95 Å². The van der Waals surface area contributed by atoms with Gasteiger partial charge in [0.1, 0.15) is 6.61 Å². The van der Waals surface area contributed by atoms with Crippen LogP contribution in [-0.2, 0) is 0 Å². The Morgan fingerprint density at radius 2 is 2.26 bits per heavy atom. The molecule has 94 valence electrons. The third kappa shape index (κ3) is 3.59. The van der Waals surface area contributed by atoms with Gasteiger partial charge in [-0.2, -0.15) is 5.10 Å². The van der Waals surface area contributed by atoms with Crippen molar-refractivity contribution < 1.29 is 9.90 Å². The molecule has 0 aliphatic carbocycles. The van der Waals surface area contributed by atoms with Crippen molar-refractivity contribution in [1.82, 2.24) is 15.2 Å². The van der Waals surface area contributed by atoms with Crippen molar-refractivity contribution >= 4 is 11.9 Å². The number of rotatable bonds is 2. The van der Waals surface area contributed by atoms with Crippen LogP contribution in [0.3, 0.4) is 0 Å². The van der Waals surface area contributed by atoms with Crippen LogP contribution in [0.15, 0.2) is 36.7 Å². The maximum absolute atomic E-state index is 11.9. The maximum atomic E-state index is 11.9. The molecule has 1 aromatic heterocycles. The topological polar surface area (TPSA) is 88.0 Å². The largest absolute Gasteiger partial charge is 0.384 e. The molecule has 2 rings (SSSR count). The lowest BCUT2D eigenvalue weighted by Crippen LogP contribution is -2.14. The van der Waals surface area contributed by atoms with Gasteiger partial charge in [-0.1, -0.05) is 17.9 Å². The first-order valence-electron chi connectivity index (χ1n) is 5.44. The van der Waals surface area contributed by atoms with Crippen LogP contribution >= 0.6 is 0 Å².